The van der Waals surface area contributed by atoms with Crippen molar-refractivity contribution in [1.82, 2.24) is 0 Å². The van der Waals surface area contributed by atoms with Crippen molar-refractivity contribution >= 4 is 18.6 Å². The Balaban J connectivity index is 3.37. The Bertz CT molecular complexity index is 522. The molecule has 0 spiro atoms. The minimum Gasteiger partial charge on any atom is -0.481 e. The zero-order valence-corrected chi connectivity index (χ0v) is 9.55. The number of carboxylic acids is 1. The quantitative estimate of drug-likeness (QED) is 0.832. The van der Waals surface area contributed by atoms with Gasteiger partial charge in [0.2, 0.25) is 0 Å². The van der Waals surface area contributed by atoms with Crippen molar-refractivity contribution in [3.8, 4) is 11.8 Å². The van der Waals surface area contributed by atoms with Gasteiger partial charge in [0.05, 0.1) is 12.0 Å². The van der Waals surface area contributed by atoms with Gasteiger partial charge in [-0.3, -0.25) is 4.79 Å². The summed E-state index contributed by atoms with van der Waals surface area (Å²) in [7, 11) is 0. The number of aliphatic carboxylic acids is 1. The third-order valence-electron chi connectivity index (χ3n) is 1.90. The van der Waals surface area contributed by atoms with E-state index in [4.69, 9.17) is 10.4 Å². The van der Waals surface area contributed by atoms with Crippen LogP contribution in [-0.2, 0) is 11.2 Å². The first-order valence-electron chi connectivity index (χ1n) is 4.47. The number of carboxylic acid groups (broad SMARTS) is 1. The fourth-order valence-corrected chi connectivity index (χ4v) is 1.51. The van der Waals surface area contributed by atoms with E-state index in [0.717, 1.165) is 6.07 Å². The Morgan fingerprint density at radius 3 is 2.56 bits per heavy atom. The second kappa shape index (κ2) is 5.18. The van der Waals surface area contributed by atoms with Gasteiger partial charge in [0.15, 0.2) is 5.75 Å². The predicted molar refractivity (Wildman–Crippen MR) is 56.4 cm³/mol. The van der Waals surface area contributed by atoms with E-state index in [0.29, 0.717) is 0 Å². The van der Waals surface area contributed by atoms with Crippen LogP contribution < -0.4 is 4.74 Å². The van der Waals surface area contributed by atoms with Crippen LogP contribution in [0.4, 0.5) is 13.2 Å². The molecule has 0 aliphatic carbocycles. The first-order valence-corrected chi connectivity index (χ1v) is 4.92. The molecular formula is C10H6F3NO3S. The Morgan fingerprint density at radius 1 is 1.50 bits per heavy atom. The molecule has 0 unspecified atom stereocenters. The molecule has 0 heterocycles. The number of thiol groups is 1. The highest BCUT2D eigenvalue weighted by Crippen LogP contribution is 2.34. The van der Waals surface area contributed by atoms with E-state index < -0.39 is 30.1 Å². The van der Waals surface area contributed by atoms with Gasteiger partial charge in [-0.05, 0) is 12.1 Å². The van der Waals surface area contributed by atoms with Crippen LogP contribution in [0, 0.1) is 11.3 Å². The van der Waals surface area contributed by atoms with Crippen LogP contribution in [0.5, 0.6) is 5.75 Å². The monoisotopic (exact) mass is 277 g/mol. The van der Waals surface area contributed by atoms with Crippen LogP contribution in [0.2, 0.25) is 0 Å². The highest BCUT2D eigenvalue weighted by Gasteiger charge is 2.34. The third kappa shape index (κ3) is 3.56. The van der Waals surface area contributed by atoms with Gasteiger partial charge in [-0.2, -0.15) is 5.26 Å². The van der Waals surface area contributed by atoms with Gasteiger partial charge in [0, 0.05) is 10.5 Å². The summed E-state index contributed by atoms with van der Waals surface area (Å²) in [5.74, 6) is -2.17. The average Bonchev–Trinajstić information content (AvgIpc) is 2.21. The molecular weight excluding hydrogens is 271 g/mol. The summed E-state index contributed by atoms with van der Waals surface area (Å²) in [6.07, 6.45) is -5.74. The molecule has 0 fully saturated rings. The van der Waals surface area contributed by atoms with Gasteiger partial charge in [0.1, 0.15) is 6.07 Å². The number of carbonyl (C=O) groups is 1. The normalized spacial score (nSPS) is 10.8. The zero-order chi connectivity index (χ0) is 13.9. The molecule has 96 valence electrons. The van der Waals surface area contributed by atoms with Gasteiger partial charge in [-0.15, -0.1) is 25.8 Å². The minimum absolute atomic E-state index is 0.00986. The van der Waals surface area contributed by atoms with Crippen molar-refractivity contribution in [1.29, 1.82) is 5.26 Å². The van der Waals surface area contributed by atoms with Gasteiger partial charge >= 0.3 is 12.3 Å². The molecule has 0 amide bonds. The number of halogens is 3. The van der Waals surface area contributed by atoms with Crippen molar-refractivity contribution in [2.24, 2.45) is 0 Å². The molecule has 0 bridgehead atoms. The summed E-state index contributed by atoms with van der Waals surface area (Å²) in [5.41, 5.74) is -0.691. The van der Waals surface area contributed by atoms with E-state index in [1.54, 1.807) is 0 Å². The average molecular weight is 277 g/mol. The lowest BCUT2D eigenvalue weighted by Gasteiger charge is -2.15. The molecule has 8 heteroatoms. The molecule has 1 aromatic rings. The molecule has 0 aliphatic rings. The van der Waals surface area contributed by atoms with E-state index in [-0.39, 0.29) is 10.5 Å². The summed E-state index contributed by atoms with van der Waals surface area (Å²) in [5, 5.41) is 17.3. The van der Waals surface area contributed by atoms with Crippen LogP contribution in [0.3, 0.4) is 0 Å². The maximum absolute atomic E-state index is 12.2. The van der Waals surface area contributed by atoms with Crippen molar-refractivity contribution in [3.63, 3.8) is 0 Å². The maximum Gasteiger partial charge on any atom is 0.573 e. The van der Waals surface area contributed by atoms with Crippen LogP contribution >= 0.6 is 12.6 Å². The zero-order valence-electron chi connectivity index (χ0n) is 8.65. The fourth-order valence-electron chi connectivity index (χ4n) is 1.26. The van der Waals surface area contributed by atoms with Crippen LogP contribution in [-0.4, -0.2) is 17.4 Å². The summed E-state index contributed by atoms with van der Waals surface area (Å²) >= 11 is 3.86. The SMILES string of the molecule is N#Cc1ccc(S)c(CC(=O)O)c1OC(F)(F)F. The lowest BCUT2D eigenvalue weighted by Crippen LogP contribution is -2.20. The summed E-state index contributed by atoms with van der Waals surface area (Å²) in [6, 6.07) is 3.82. The van der Waals surface area contributed by atoms with Crippen LogP contribution in [0.15, 0.2) is 17.0 Å². The van der Waals surface area contributed by atoms with E-state index in [1.165, 1.54) is 12.1 Å². The van der Waals surface area contributed by atoms with Crippen molar-refractivity contribution < 1.29 is 27.8 Å². The Kier molecular flexibility index (Phi) is 4.08. The molecule has 1 rings (SSSR count). The number of hydrogen-bond acceptors (Lipinski definition) is 4. The van der Waals surface area contributed by atoms with Gasteiger partial charge in [-0.1, -0.05) is 0 Å². The molecule has 18 heavy (non-hydrogen) atoms. The fraction of sp³-hybridized carbons (Fsp3) is 0.200. The molecule has 0 aliphatic heterocycles. The van der Waals surface area contributed by atoms with Crippen LogP contribution in [0.25, 0.3) is 0 Å². The number of nitriles is 1. The topological polar surface area (TPSA) is 70.3 Å². The van der Waals surface area contributed by atoms with Gasteiger partial charge in [0.25, 0.3) is 0 Å². The number of ether oxygens (including phenoxy) is 1. The first kappa shape index (κ1) is 14.2. The number of alkyl halides is 3. The number of rotatable bonds is 3. The molecule has 4 nitrogen and oxygen atoms in total. The second-order valence-electron chi connectivity index (χ2n) is 3.17. The maximum atomic E-state index is 12.2. The molecule has 1 aromatic carbocycles. The first-order chi connectivity index (χ1) is 8.24. The summed E-state index contributed by atoms with van der Waals surface area (Å²) < 4.78 is 40.3. The Labute approximate surface area is 105 Å². The predicted octanol–water partition coefficient (Wildman–Crippen LogP) is 2.37. The number of nitrogens with zero attached hydrogens (tertiary/aromatic N) is 1. The van der Waals surface area contributed by atoms with Crippen molar-refractivity contribution in [2.45, 2.75) is 17.7 Å². The Morgan fingerprint density at radius 2 is 2.11 bits per heavy atom. The Hall–Kier alpha value is -1.88. The van der Waals surface area contributed by atoms with E-state index >= 15 is 0 Å². The van der Waals surface area contributed by atoms with Crippen molar-refractivity contribution in [2.75, 3.05) is 0 Å². The van der Waals surface area contributed by atoms with E-state index in [1.807, 2.05) is 0 Å². The summed E-state index contributed by atoms with van der Waals surface area (Å²) in [4.78, 5) is 10.6. The van der Waals surface area contributed by atoms with Gasteiger partial charge < -0.3 is 9.84 Å². The molecule has 0 saturated heterocycles. The largest absolute Gasteiger partial charge is 0.573 e. The third-order valence-corrected chi connectivity index (χ3v) is 2.32. The van der Waals surface area contributed by atoms with Crippen molar-refractivity contribution in [3.05, 3.63) is 23.3 Å². The van der Waals surface area contributed by atoms with E-state index in [9.17, 15) is 18.0 Å². The molecule has 1 N–H and O–H groups in total. The van der Waals surface area contributed by atoms with Crippen LogP contribution in [0.1, 0.15) is 11.1 Å². The summed E-state index contributed by atoms with van der Waals surface area (Å²) in [6.45, 7) is 0. The van der Waals surface area contributed by atoms with Gasteiger partial charge in [-0.25, -0.2) is 0 Å². The molecule has 0 saturated carbocycles. The highest BCUT2D eigenvalue weighted by molar-refractivity contribution is 7.80. The standard InChI is InChI=1S/C10H6F3NO3S/c11-10(12,13)17-9-5(4-14)1-2-7(18)6(9)3-8(15)16/h1-2,18H,3H2,(H,15,16). The highest BCUT2D eigenvalue weighted by atomic mass is 32.1. The second-order valence-corrected chi connectivity index (χ2v) is 3.65. The molecule has 0 aromatic heterocycles. The molecule has 0 radical (unpaired) electrons. The molecule has 0 atom stereocenters. The number of hydrogen-bond donors (Lipinski definition) is 2. The number of benzene rings is 1. The smallest absolute Gasteiger partial charge is 0.481 e. The lowest BCUT2D eigenvalue weighted by atomic mass is 10.1. The minimum atomic E-state index is -5.01. The van der Waals surface area contributed by atoms with E-state index in [2.05, 4.69) is 17.4 Å². The lowest BCUT2D eigenvalue weighted by molar-refractivity contribution is -0.275.